The first-order valence-electron chi connectivity index (χ1n) is 5.51. The number of aryl methyl sites for hydroxylation is 1. The number of carbonyl (C=O) groups is 1. The Morgan fingerprint density at radius 3 is 2.83 bits per heavy atom. The van der Waals surface area contributed by atoms with Crippen LogP contribution in [-0.2, 0) is 6.54 Å². The molecule has 2 aromatic rings. The van der Waals surface area contributed by atoms with Gasteiger partial charge in [0.25, 0.3) is 0 Å². The van der Waals surface area contributed by atoms with E-state index in [0.29, 0.717) is 12.2 Å². The van der Waals surface area contributed by atoms with E-state index in [-0.39, 0.29) is 5.69 Å². The van der Waals surface area contributed by atoms with Gasteiger partial charge in [0.2, 0.25) is 0 Å². The maximum Gasteiger partial charge on any atom is 0.354 e. The molecule has 1 aromatic carbocycles. The number of aromatic carboxylic acids is 1. The van der Waals surface area contributed by atoms with Crippen molar-refractivity contribution in [1.29, 1.82) is 0 Å². The lowest BCUT2D eigenvalue weighted by Crippen LogP contribution is -2.11. The van der Waals surface area contributed by atoms with E-state index in [2.05, 4.69) is 5.10 Å². The Kier molecular flexibility index (Phi) is 3.32. The molecule has 0 radical (unpaired) electrons. The molecule has 0 fully saturated rings. The molecule has 1 heterocycles. The number of para-hydroxylation sites is 1. The lowest BCUT2D eigenvalue weighted by atomic mass is 10.2. The molecule has 0 spiro atoms. The maximum absolute atomic E-state index is 11.1. The Morgan fingerprint density at radius 1 is 1.44 bits per heavy atom. The van der Waals surface area contributed by atoms with Crippen molar-refractivity contribution in [3.8, 4) is 5.75 Å². The number of aromatic nitrogens is 2. The summed E-state index contributed by atoms with van der Waals surface area (Å²) in [5.41, 5.74) is 1.76. The molecule has 0 aliphatic carbocycles. The number of hydrogen-bond acceptors (Lipinski definition) is 3. The zero-order valence-electron chi connectivity index (χ0n) is 10.3. The van der Waals surface area contributed by atoms with Crippen LogP contribution in [0.4, 0.5) is 0 Å². The molecule has 1 N–H and O–H groups in total. The monoisotopic (exact) mass is 246 g/mol. The van der Waals surface area contributed by atoms with Crippen LogP contribution in [-0.4, -0.2) is 28.0 Å². The van der Waals surface area contributed by atoms with Crippen LogP contribution in [0.25, 0.3) is 0 Å². The molecule has 0 aliphatic heterocycles. The second-order valence-corrected chi connectivity index (χ2v) is 3.95. The standard InChI is InChI=1S/C13H14N2O3/c1-9-7-11(13(16)17)15(14-9)8-10-5-3-4-6-12(10)18-2/h3-7H,8H2,1-2H3,(H,16,17). The van der Waals surface area contributed by atoms with Crippen LogP contribution in [0.1, 0.15) is 21.7 Å². The summed E-state index contributed by atoms with van der Waals surface area (Å²) in [7, 11) is 1.59. The fraction of sp³-hybridized carbons (Fsp3) is 0.231. The molecule has 94 valence electrons. The predicted molar refractivity (Wildman–Crippen MR) is 66.0 cm³/mol. The minimum absolute atomic E-state index is 0.179. The average Bonchev–Trinajstić information content (AvgIpc) is 2.71. The molecule has 1 aromatic heterocycles. The number of benzene rings is 1. The summed E-state index contributed by atoms with van der Waals surface area (Å²) in [6.07, 6.45) is 0. The minimum Gasteiger partial charge on any atom is -0.496 e. The van der Waals surface area contributed by atoms with Gasteiger partial charge in [0, 0.05) is 5.56 Å². The molecular weight excluding hydrogens is 232 g/mol. The van der Waals surface area contributed by atoms with E-state index >= 15 is 0 Å². The number of ether oxygens (including phenoxy) is 1. The third-order valence-electron chi connectivity index (χ3n) is 2.63. The van der Waals surface area contributed by atoms with Crippen molar-refractivity contribution in [2.75, 3.05) is 7.11 Å². The molecule has 0 aliphatic rings. The van der Waals surface area contributed by atoms with Crippen LogP contribution in [0.3, 0.4) is 0 Å². The SMILES string of the molecule is COc1ccccc1Cn1nc(C)cc1C(=O)O. The third kappa shape index (κ3) is 2.34. The molecule has 5 nitrogen and oxygen atoms in total. The quantitative estimate of drug-likeness (QED) is 0.895. The van der Waals surface area contributed by atoms with Crippen LogP contribution >= 0.6 is 0 Å². The molecule has 0 bridgehead atoms. The Morgan fingerprint density at radius 2 is 2.17 bits per heavy atom. The van der Waals surface area contributed by atoms with Crippen molar-refractivity contribution in [3.63, 3.8) is 0 Å². The molecule has 18 heavy (non-hydrogen) atoms. The van der Waals surface area contributed by atoms with Gasteiger partial charge in [-0.05, 0) is 19.1 Å². The Bertz CT molecular complexity index is 575. The molecule has 5 heteroatoms. The second-order valence-electron chi connectivity index (χ2n) is 3.95. The number of nitrogens with zero attached hydrogens (tertiary/aromatic N) is 2. The fourth-order valence-electron chi connectivity index (χ4n) is 1.83. The lowest BCUT2D eigenvalue weighted by Gasteiger charge is -2.09. The highest BCUT2D eigenvalue weighted by Crippen LogP contribution is 2.19. The first-order chi connectivity index (χ1) is 8.61. The van der Waals surface area contributed by atoms with Gasteiger partial charge in [-0.1, -0.05) is 18.2 Å². The smallest absolute Gasteiger partial charge is 0.354 e. The topological polar surface area (TPSA) is 64.4 Å². The first kappa shape index (κ1) is 12.2. The number of carboxylic acid groups (broad SMARTS) is 1. The van der Waals surface area contributed by atoms with Gasteiger partial charge in [-0.2, -0.15) is 5.10 Å². The fourth-order valence-corrected chi connectivity index (χ4v) is 1.83. The van der Waals surface area contributed by atoms with Crippen LogP contribution in [0, 0.1) is 6.92 Å². The number of methoxy groups -OCH3 is 1. The summed E-state index contributed by atoms with van der Waals surface area (Å²) in [6, 6.07) is 9.04. The zero-order valence-corrected chi connectivity index (χ0v) is 10.3. The summed E-state index contributed by atoms with van der Waals surface area (Å²) < 4.78 is 6.70. The van der Waals surface area contributed by atoms with E-state index in [1.54, 1.807) is 20.1 Å². The van der Waals surface area contributed by atoms with Gasteiger partial charge in [-0.25, -0.2) is 4.79 Å². The van der Waals surface area contributed by atoms with Crippen LogP contribution in [0.5, 0.6) is 5.75 Å². The summed E-state index contributed by atoms with van der Waals surface area (Å²) in [5.74, 6) is -0.257. The Balaban J connectivity index is 2.36. The van der Waals surface area contributed by atoms with E-state index in [1.807, 2.05) is 24.3 Å². The lowest BCUT2D eigenvalue weighted by molar-refractivity contribution is 0.0684. The van der Waals surface area contributed by atoms with E-state index < -0.39 is 5.97 Å². The Labute approximate surface area is 105 Å². The zero-order chi connectivity index (χ0) is 13.1. The Hall–Kier alpha value is -2.30. The molecule has 0 saturated heterocycles. The first-order valence-corrected chi connectivity index (χ1v) is 5.51. The number of rotatable bonds is 4. The highest BCUT2D eigenvalue weighted by Gasteiger charge is 2.14. The van der Waals surface area contributed by atoms with E-state index in [4.69, 9.17) is 9.84 Å². The summed E-state index contributed by atoms with van der Waals surface area (Å²) in [6.45, 7) is 2.14. The van der Waals surface area contributed by atoms with Crippen LogP contribution in [0.2, 0.25) is 0 Å². The minimum atomic E-state index is -0.981. The highest BCUT2D eigenvalue weighted by molar-refractivity contribution is 5.85. The summed E-state index contributed by atoms with van der Waals surface area (Å²) in [4.78, 5) is 11.1. The van der Waals surface area contributed by atoms with Crippen molar-refractivity contribution in [1.82, 2.24) is 9.78 Å². The van der Waals surface area contributed by atoms with E-state index in [1.165, 1.54) is 4.68 Å². The van der Waals surface area contributed by atoms with Crippen molar-refractivity contribution in [2.45, 2.75) is 13.5 Å². The normalized spacial score (nSPS) is 10.3. The van der Waals surface area contributed by atoms with Gasteiger partial charge >= 0.3 is 5.97 Å². The van der Waals surface area contributed by atoms with Gasteiger partial charge in [0.15, 0.2) is 0 Å². The summed E-state index contributed by atoms with van der Waals surface area (Å²) in [5, 5.41) is 13.3. The maximum atomic E-state index is 11.1. The van der Waals surface area contributed by atoms with Crippen molar-refractivity contribution in [3.05, 3.63) is 47.3 Å². The second kappa shape index (κ2) is 4.91. The van der Waals surface area contributed by atoms with Gasteiger partial charge < -0.3 is 9.84 Å². The molecule has 2 rings (SSSR count). The summed E-state index contributed by atoms with van der Waals surface area (Å²) >= 11 is 0. The largest absolute Gasteiger partial charge is 0.496 e. The van der Waals surface area contributed by atoms with Crippen LogP contribution in [0.15, 0.2) is 30.3 Å². The average molecular weight is 246 g/mol. The third-order valence-corrected chi connectivity index (χ3v) is 2.63. The predicted octanol–water partition coefficient (Wildman–Crippen LogP) is 1.95. The van der Waals surface area contributed by atoms with Gasteiger partial charge in [-0.15, -0.1) is 0 Å². The van der Waals surface area contributed by atoms with Gasteiger partial charge in [0.1, 0.15) is 11.4 Å². The van der Waals surface area contributed by atoms with Crippen molar-refractivity contribution < 1.29 is 14.6 Å². The van der Waals surface area contributed by atoms with Crippen molar-refractivity contribution in [2.24, 2.45) is 0 Å². The molecule has 0 atom stereocenters. The highest BCUT2D eigenvalue weighted by atomic mass is 16.5. The molecule has 0 amide bonds. The molecule has 0 unspecified atom stereocenters. The number of hydrogen-bond donors (Lipinski definition) is 1. The van der Waals surface area contributed by atoms with Crippen molar-refractivity contribution >= 4 is 5.97 Å². The van der Waals surface area contributed by atoms with Gasteiger partial charge in [0.05, 0.1) is 19.3 Å². The van der Waals surface area contributed by atoms with E-state index in [0.717, 1.165) is 11.3 Å². The molecule has 0 saturated carbocycles. The van der Waals surface area contributed by atoms with E-state index in [9.17, 15) is 4.79 Å². The van der Waals surface area contributed by atoms with Gasteiger partial charge in [-0.3, -0.25) is 4.68 Å². The number of carboxylic acids is 1. The molecular formula is C13H14N2O3. The van der Waals surface area contributed by atoms with Crippen LogP contribution < -0.4 is 4.74 Å².